The highest BCUT2D eigenvalue weighted by atomic mass is 32.1. The zero-order valence-corrected chi connectivity index (χ0v) is 13.1. The van der Waals surface area contributed by atoms with Crippen molar-refractivity contribution in [3.8, 4) is 11.4 Å². The average molecular weight is 313 g/mol. The van der Waals surface area contributed by atoms with Gasteiger partial charge < -0.3 is 9.84 Å². The van der Waals surface area contributed by atoms with Crippen molar-refractivity contribution < 1.29 is 9.32 Å². The van der Waals surface area contributed by atoms with Crippen molar-refractivity contribution in [1.82, 2.24) is 10.1 Å². The summed E-state index contributed by atoms with van der Waals surface area (Å²) in [6.45, 7) is 3.93. The molecule has 1 aromatic carbocycles. The highest BCUT2D eigenvalue weighted by Gasteiger charge is 2.11. The second-order valence-electron chi connectivity index (χ2n) is 4.81. The number of hydrogen-bond acceptors (Lipinski definition) is 5. The predicted octanol–water partition coefficient (Wildman–Crippen LogP) is 3.92. The largest absolute Gasteiger partial charge is 0.339 e. The summed E-state index contributed by atoms with van der Waals surface area (Å²) in [4.78, 5) is 18.3. The molecule has 0 unspecified atom stereocenters. The molecular weight excluding hydrogens is 298 g/mol. The number of thiophene rings is 1. The summed E-state index contributed by atoms with van der Waals surface area (Å²) in [6, 6.07) is 11.2. The maximum atomic E-state index is 12.2. The molecule has 6 heteroatoms. The number of nitrogens with zero attached hydrogens (tertiary/aromatic N) is 2. The Morgan fingerprint density at radius 2 is 2.18 bits per heavy atom. The molecular formula is C16H15N3O2S. The van der Waals surface area contributed by atoms with Crippen LogP contribution in [0.2, 0.25) is 0 Å². The fraction of sp³-hybridized carbons (Fsp3) is 0.188. The number of benzene rings is 1. The highest BCUT2D eigenvalue weighted by molar-refractivity contribution is 7.14. The van der Waals surface area contributed by atoms with Crippen LogP contribution < -0.4 is 5.32 Å². The summed E-state index contributed by atoms with van der Waals surface area (Å²) in [5.74, 6) is 1.01. The third-order valence-electron chi connectivity index (χ3n) is 3.11. The quantitative estimate of drug-likeness (QED) is 0.792. The second kappa shape index (κ2) is 6.11. The second-order valence-corrected chi connectivity index (χ2v) is 6.10. The topological polar surface area (TPSA) is 68.0 Å². The van der Waals surface area contributed by atoms with Gasteiger partial charge >= 0.3 is 0 Å². The van der Waals surface area contributed by atoms with Crippen molar-refractivity contribution in [2.75, 3.05) is 5.32 Å². The van der Waals surface area contributed by atoms with E-state index in [1.54, 1.807) is 0 Å². The lowest BCUT2D eigenvalue weighted by Gasteiger charge is -2.04. The zero-order chi connectivity index (χ0) is 15.5. The number of carbonyl (C=O) groups is 1. The molecule has 0 atom stereocenters. The predicted molar refractivity (Wildman–Crippen MR) is 86.1 cm³/mol. The van der Waals surface area contributed by atoms with Gasteiger partial charge in [-0.05, 0) is 31.2 Å². The summed E-state index contributed by atoms with van der Waals surface area (Å²) >= 11 is 1.47. The molecule has 0 aliphatic heterocycles. The molecule has 2 aromatic heterocycles. The molecule has 1 amide bonds. The van der Waals surface area contributed by atoms with E-state index < -0.39 is 0 Å². The normalized spacial score (nSPS) is 10.6. The third kappa shape index (κ3) is 3.07. The van der Waals surface area contributed by atoms with Crippen LogP contribution in [0.5, 0.6) is 0 Å². The van der Waals surface area contributed by atoms with E-state index in [1.165, 1.54) is 11.3 Å². The number of aryl methyl sites for hydroxylation is 2. The lowest BCUT2D eigenvalue weighted by molar-refractivity contribution is 0.103. The van der Waals surface area contributed by atoms with Gasteiger partial charge in [0.1, 0.15) is 0 Å². The molecule has 22 heavy (non-hydrogen) atoms. The van der Waals surface area contributed by atoms with E-state index in [0.717, 1.165) is 10.4 Å². The lowest BCUT2D eigenvalue weighted by Crippen LogP contribution is -2.09. The molecule has 2 heterocycles. The molecule has 1 N–H and O–H groups in total. The van der Waals surface area contributed by atoms with Crippen LogP contribution in [0.25, 0.3) is 11.4 Å². The minimum Gasteiger partial charge on any atom is -0.339 e. The van der Waals surface area contributed by atoms with E-state index in [2.05, 4.69) is 15.5 Å². The molecule has 5 nitrogen and oxygen atoms in total. The monoisotopic (exact) mass is 313 g/mol. The van der Waals surface area contributed by atoms with Crippen LogP contribution in [-0.2, 0) is 6.42 Å². The Kier molecular flexibility index (Phi) is 4.02. The SMILES string of the molecule is CCc1nc(-c2cccc(NC(=O)c3ccc(C)s3)c2)no1. The number of aromatic nitrogens is 2. The number of rotatable bonds is 4. The maximum Gasteiger partial charge on any atom is 0.265 e. The van der Waals surface area contributed by atoms with Crippen molar-refractivity contribution in [2.45, 2.75) is 20.3 Å². The van der Waals surface area contributed by atoms with Gasteiger partial charge in [0.05, 0.1) is 4.88 Å². The Morgan fingerprint density at radius 1 is 1.32 bits per heavy atom. The van der Waals surface area contributed by atoms with E-state index in [4.69, 9.17) is 4.52 Å². The van der Waals surface area contributed by atoms with E-state index in [0.29, 0.717) is 28.7 Å². The molecule has 3 aromatic rings. The van der Waals surface area contributed by atoms with Gasteiger partial charge in [-0.25, -0.2) is 0 Å². The number of hydrogen-bond donors (Lipinski definition) is 1. The van der Waals surface area contributed by atoms with Gasteiger partial charge in [-0.3, -0.25) is 4.79 Å². The van der Waals surface area contributed by atoms with Crippen molar-refractivity contribution in [1.29, 1.82) is 0 Å². The van der Waals surface area contributed by atoms with Gasteiger partial charge in [-0.1, -0.05) is 24.2 Å². The van der Waals surface area contributed by atoms with Gasteiger partial charge in [0.25, 0.3) is 5.91 Å². The molecule has 0 bridgehead atoms. The molecule has 0 fully saturated rings. The van der Waals surface area contributed by atoms with Crippen molar-refractivity contribution in [3.05, 3.63) is 52.0 Å². The Labute approximate surface area is 132 Å². The van der Waals surface area contributed by atoms with Crippen LogP contribution in [0.1, 0.15) is 27.4 Å². The van der Waals surface area contributed by atoms with E-state index in [1.807, 2.05) is 50.2 Å². The Bertz CT molecular complexity index is 807. The summed E-state index contributed by atoms with van der Waals surface area (Å²) < 4.78 is 5.11. The molecule has 3 rings (SSSR count). The van der Waals surface area contributed by atoms with Gasteiger partial charge in [-0.2, -0.15) is 4.98 Å². The van der Waals surface area contributed by atoms with Gasteiger partial charge in [-0.15, -0.1) is 11.3 Å². The molecule has 112 valence electrons. The fourth-order valence-electron chi connectivity index (χ4n) is 2.00. The average Bonchev–Trinajstić information content (AvgIpc) is 3.16. The van der Waals surface area contributed by atoms with Crippen LogP contribution >= 0.6 is 11.3 Å². The van der Waals surface area contributed by atoms with Crippen LogP contribution in [0.4, 0.5) is 5.69 Å². The molecule has 0 aliphatic carbocycles. The summed E-state index contributed by atoms with van der Waals surface area (Å²) in [5.41, 5.74) is 1.51. The van der Waals surface area contributed by atoms with E-state index in [-0.39, 0.29) is 5.91 Å². The Hall–Kier alpha value is -2.47. The number of carbonyl (C=O) groups excluding carboxylic acids is 1. The number of amides is 1. The van der Waals surface area contributed by atoms with E-state index >= 15 is 0 Å². The molecule has 0 radical (unpaired) electrons. The van der Waals surface area contributed by atoms with Crippen LogP contribution in [0, 0.1) is 6.92 Å². The first kappa shape index (κ1) is 14.5. The van der Waals surface area contributed by atoms with Gasteiger partial charge in [0.15, 0.2) is 0 Å². The molecule has 0 saturated heterocycles. The number of nitrogens with one attached hydrogen (secondary N) is 1. The van der Waals surface area contributed by atoms with Crippen LogP contribution in [0.3, 0.4) is 0 Å². The Morgan fingerprint density at radius 3 is 2.86 bits per heavy atom. The zero-order valence-electron chi connectivity index (χ0n) is 12.3. The minimum atomic E-state index is -0.113. The van der Waals surface area contributed by atoms with Crippen molar-refractivity contribution in [3.63, 3.8) is 0 Å². The van der Waals surface area contributed by atoms with Gasteiger partial charge in [0.2, 0.25) is 11.7 Å². The first-order valence-corrected chi connectivity index (χ1v) is 7.78. The van der Waals surface area contributed by atoms with Crippen molar-refractivity contribution in [2.24, 2.45) is 0 Å². The third-order valence-corrected chi connectivity index (χ3v) is 4.11. The Balaban J connectivity index is 1.80. The van der Waals surface area contributed by atoms with Crippen LogP contribution in [0.15, 0.2) is 40.9 Å². The standard InChI is InChI=1S/C16H15N3O2S/c1-3-14-18-15(19-21-14)11-5-4-6-12(9-11)17-16(20)13-8-7-10(2)22-13/h4-9H,3H2,1-2H3,(H,17,20). The summed E-state index contributed by atoms with van der Waals surface area (Å²) in [6.07, 6.45) is 0.696. The highest BCUT2D eigenvalue weighted by Crippen LogP contribution is 2.22. The number of anilines is 1. The molecule has 0 saturated carbocycles. The lowest BCUT2D eigenvalue weighted by atomic mass is 10.2. The maximum absolute atomic E-state index is 12.2. The summed E-state index contributed by atoms with van der Waals surface area (Å²) in [5, 5.41) is 6.83. The molecule has 0 spiro atoms. The van der Waals surface area contributed by atoms with E-state index in [9.17, 15) is 4.79 Å². The van der Waals surface area contributed by atoms with Crippen molar-refractivity contribution >= 4 is 22.9 Å². The van der Waals surface area contributed by atoms with Gasteiger partial charge in [0, 0.05) is 22.5 Å². The molecule has 0 aliphatic rings. The fourth-order valence-corrected chi connectivity index (χ4v) is 2.76. The summed E-state index contributed by atoms with van der Waals surface area (Å²) in [7, 11) is 0. The smallest absolute Gasteiger partial charge is 0.265 e. The van der Waals surface area contributed by atoms with Crippen LogP contribution in [-0.4, -0.2) is 16.0 Å². The first-order chi connectivity index (χ1) is 10.7. The first-order valence-electron chi connectivity index (χ1n) is 6.96. The minimum absolute atomic E-state index is 0.113.